The number of halogens is 3. The summed E-state index contributed by atoms with van der Waals surface area (Å²) in [5.74, 6) is -1.16. The van der Waals surface area contributed by atoms with Gasteiger partial charge in [-0.25, -0.2) is 4.79 Å². The molecule has 7 nitrogen and oxygen atoms in total. The van der Waals surface area contributed by atoms with Gasteiger partial charge in [0, 0.05) is 49.6 Å². The van der Waals surface area contributed by atoms with Crippen LogP contribution in [0.3, 0.4) is 0 Å². The molecule has 2 aromatic rings. The highest BCUT2D eigenvalue weighted by atomic mass is 19.4. The molecule has 0 spiro atoms. The number of alkyl halides is 3. The Bertz CT molecular complexity index is 1080. The highest BCUT2D eigenvalue weighted by molar-refractivity contribution is 5.94. The Morgan fingerprint density at radius 2 is 1.53 bits per heavy atom. The first-order chi connectivity index (χ1) is 17.1. The highest BCUT2D eigenvalue weighted by Crippen LogP contribution is 2.33. The van der Waals surface area contributed by atoms with E-state index in [0.717, 1.165) is 12.1 Å². The Labute approximate surface area is 207 Å². The van der Waals surface area contributed by atoms with E-state index in [1.807, 2.05) is 0 Å². The molecule has 4 rings (SSSR count). The van der Waals surface area contributed by atoms with Crippen LogP contribution in [-0.4, -0.2) is 59.9 Å². The van der Waals surface area contributed by atoms with Crippen molar-refractivity contribution in [3.05, 3.63) is 71.3 Å². The second-order valence-electron chi connectivity index (χ2n) is 9.44. The number of benzene rings is 2. The number of rotatable bonds is 4. The molecular weight excluding hydrogens is 473 g/mol. The van der Waals surface area contributed by atoms with Crippen LogP contribution in [0.15, 0.2) is 54.6 Å². The third-order valence-electron chi connectivity index (χ3n) is 6.97. The molecule has 2 fully saturated rings. The van der Waals surface area contributed by atoms with Crippen molar-refractivity contribution in [1.29, 1.82) is 0 Å². The molecule has 192 valence electrons. The van der Waals surface area contributed by atoms with E-state index in [1.54, 1.807) is 40.1 Å². The molecule has 2 heterocycles. The molecule has 4 amide bonds. The molecule has 0 bridgehead atoms. The molecule has 0 saturated carbocycles. The van der Waals surface area contributed by atoms with Crippen molar-refractivity contribution >= 4 is 17.8 Å². The van der Waals surface area contributed by atoms with Gasteiger partial charge in [-0.15, -0.1) is 0 Å². The number of primary amides is 1. The minimum Gasteiger partial charge on any atom is -0.369 e. The number of piperidine rings is 2. The number of hydrogen-bond acceptors (Lipinski definition) is 3. The van der Waals surface area contributed by atoms with Crippen LogP contribution in [0, 0.1) is 5.92 Å². The Morgan fingerprint density at radius 3 is 2.11 bits per heavy atom. The molecule has 2 aromatic carbocycles. The molecule has 3 N–H and O–H groups in total. The first kappa shape index (κ1) is 25.5. The van der Waals surface area contributed by atoms with Crippen molar-refractivity contribution in [3.8, 4) is 0 Å². The smallest absolute Gasteiger partial charge is 0.369 e. The number of urea groups is 1. The lowest BCUT2D eigenvalue weighted by molar-refractivity contribution is -0.137. The first-order valence-corrected chi connectivity index (χ1v) is 12.0. The molecule has 2 unspecified atom stereocenters. The lowest BCUT2D eigenvalue weighted by Crippen LogP contribution is -2.56. The van der Waals surface area contributed by atoms with Gasteiger partial charge in [-0.2, -0.15) is 13.2 Å². The summed E-state index contributed by atoms with van der Waals surface area (Å²) in [5.41, 5.74) is 5.83. The quantitative estimate of drug-likeness (QED) is 0.669. The van der Waals surface area contributed by atoms with Crippen molar-refractivity contribution in [2.45, 2.75) is 37.4 Å². The van der Waals surface area contributed by atoms with Gasteiger partial charge in [0.15, 0.2) is 0 Å². The summed E-state index contributed by atoms with van der Waals surface area (Å²) in [6.07, 6.45) is -2.97. The van der Waals surface area contributed by atoms with Crippen LogP contribution in [-0.2, 0) is 11.0 Å². The zero-order chi connectivity index (χ0) is 25.9. The number of amides is 4. The fourth-order valence-corrected chi connectivity index (χ4v) is 4.96. The number of nitrogens with two attached hydrogens (primary N) is 1. The molecule has 10 heteroatoms. The van der Waals surface area contributed by atoms with Crippen molar-refractivity contribution in [2.75, 3.05) is 26.2 Å². The minimum atomic E-state index is -4.43. The maximum atomic E-state index is 13.4. The SMILES string of the molecule is NC(=O)C1CCN(C(=O)N2CC(NC(=O)c3ccccc3)CC(c3ccc(C(F)(F)F)cc3)C2)CC1. The largest absolute Gasteiger partial charge is 0.416 e. The Hall–Kier alpha value is -3.56. The molecule has 2 atom stereocenters. The highest BCUT2D eigenvalue weighted by Gasteiger charge is 2.36. The van der Waals surface area contributed by atoms with Gasteiger partial charge in [-0.1, -0.05) is 30.3 Å². The first-order valence-electron chi connectivity index (χ1n) is 12.0. The molecule has 0 aromatic heterocycles. The lowest BCUT2D eigenvalue weighted by atomic mass is 9.87. The predicted molar refractivity (Wildman–Crippen MR) is 127 cm³/mol. The zero-order valence-corrected chi connectivity index (χ0v) is 19.7. The molecule has 36 heavy (non-hydrogen) atoms. The van der Waals surface area contributed by atoms with Gasteiger partial charge in [0.25, 0.3) is 5.91 Å². The summed E-state index contributed by atoms with van der Waals surface area (Å²) in [5, 5.41) is 2.99. The van der Waals surface area contributed by atoms with Crippen LogP contribution in [0.2, 0.25) is 0 Å². The molecule has 2 saturated heterocycles. The standard InChI is InChI=1S/C26H29F3N4O3/c27-26(28,29)21-8-6-17(7-9-21)20-14-22(31-24(35)19-4-2-1-3-5-19)16-33(15-20)25(36)32-12-10-18(11-13-32)23(30)34/h1-9,18,20,22H,10-16H2,(H2,30,34)(H,31,35). The van der Waals surface area contributed by atoms with E-state index in [4.69, 9.17) is 5.73 Å². The number of likely N-dealkylation sites (tertiary alicyclic amines) is 2. The Kier molecular flexibility index (Phi) is 7.51. The summed E-state index contributed by atoms with van der Waals surface area (Å²) in [6.45, 7) is 1.39. The van der Waals surface area contributed by atoms with Gasteiger partial charge in [0.05, 0.1) is 5.56 Å². The van der Waals surface area contributed by atoms with Crippen molar-refractivity contribution < 1.29 is 27.6 Å². The van der Waals surface area contributed by atoms with Gasteiger partial charge in [0.1, 0.15) is 0 Å². The van der Waals surface area contributed by atoms with E-state index in [0.29, 0.717) is 50.0 Å². The van der Waals surface area contributed by atoms with Gasteiger partial charge in [-0.05, 0) is 49.1 Å². The minimum absolute atomic E-state index is 0.214. The third-order valence-corrected chi connectivity index (χ3v) is 6.97. The Balaban J connectivity index is 1.51. The van der Waals surface area contributed by atoms with E-state index >= 15 is 0 Å². The van der Waals surface area contributed by atoms with E-state index in [9.17, 15) is 27.6 Å². The van der Waals surface area contributed by atoms with Crippen LogP contribution >= 0.6 is 0 Å². The maximum absolute atomic E-state index is 13.4. The number of nitrogens with one attached hydrogen (secondary N) is 1. The van der Waals surface area contributed by atoms with Crippen molar-refractivity contribution in [3.63, 3.8) is 0 Å². The maximum Gasteiger partial charge on any atom is 0.416 e. The van der Waals surface area contributed by atoms with E-state index < -0.39 is 11.7 Å². The second-order valence-corrected chi connectivity index (χ2v) is 9.44. The monoisotopic (exact) mass is 502 g/mol. The third kappa shape index (κ3) is 5.98. The average molecular weight is 503 g/mol. The topological polar surface area (TPSA) is 95.7 Å². The molecule has 2 aliphatic heterocycles. The summed E-state index contributed by atoms with van der Waals surface area (Å²) in [6, 6.07) is 13.1. The number of carbonyl (C=O) groups is 3. The van der Waals surface area contributed by atoms with Crippen LogP contribution in [0.25, 0.3) is 0 Å². The molecule has 0 radical (unpaired) electrons. The van der Waals surface area contributed by atoms with E-state index in [2.05, 4.69) is 5.32 Å². The molecule has 0 aliphatic carbocycles. The summed E-state index contributed by atoms with van der Waals surface area (Å²) in [7, 11) is 0. The second kappa shape index (κ2) is 10.6. The van der Waals surface area contributed by atoms with Crippen LogP contribution < -0.4 is 11.1 Å². The summed E-state index contributed by atoms with van der Waals surface area (Å²) in [4.78, 5) is 41.0. The molecular formula is C26H29F3N4O3. The van der Waals surface area contributed by atoms with E-state index in [1.165, 1.54) is 12.1 Å². The van der Waals surface area contributed by atoms with Gasteiger partial charge in [0.2, 0.25) is 5.91 Å². The summed E-state index contributed by atoms with van der Waals surface area (Å²) < 4.78 is 39.1. The number of nitrogens with zero attached hydrogens (tertiary/aromatic N) is 2. The fourth-order valence-electron chi connectivity index (χ4n) is 4.96. The van der Waals surface area contributed by atoms with Gasteiger partial charge in [-0.3, -0.25) is 9.59 Å². The van der Waals surface area contributed by atoms with Crippen LogP contribution in [0.1, 0.15) is 46.7 Å². The van der Waals surface area contributed by atoms with Crippen LogP contribution in [0.4, 0.5) is 18.0 Å². The number of hydrogen-bond donors (Lipinski definition) is 2. The summed E-state index contributed by atoms with van der Waals surface area (Å²) >= 11 is 0. The predicted octanol–water partition coefficient (Wildman–Crippen LogP) is 3.61. The van der Waals surface area contributed by atoms with Crippen molar-refractivity contribution in [1.82, 2.24) is 15.1 Å². The van der Waals surface area contributed by atoms with Crippen molar-refractivity contribution in [2.24, 2.45) is 11.7 Å². The average Bonchev–Trinajstić information content (AvgIpc) is 2.88. The van der Waals surface area contributed by atoms with Gasteiger partial charge < -0.3 is 20.9 Å². The zero-order valence-electron chi connectivity index (χ0n) is 19.7. The van der Waals surface area contributed by atoms with E-state index in [-0.39, 0.29) is 42.3 Å². The van der Waals surface area contributed by atoms with Crippen LogP contribution in [0.5, 0.6) is 0 Å². The lowest BCUT2D eigenvalue weighted by Gasteiger charge is -2.42. The normalized spacial score (nSPS) is 21.2. The number of carbonyl (C=O) groups excluding carboxylic acids is 3. The van der Waals surface area contributed by atoms with Gasteiger partial charge >= 0.3 is 12.2 Å². The Morgan fingerprint density at radius 1 is 0.889 bits per heavy atom. The molecule has 2 aliphatic rings. The fraction of sp³-hybridized carbons (Fsp3) is 0.423.